The van der Waals surface area contributed by atoms with Gasteiger partial charge in [-0.05, 0) is 45.4 Å². The Labute approximate surface area is 118 Å². The molecule has 0 amide bonds. The van der Waals surface area contributed by atoms with Crippen molar-refractivity contribution >= 4 is 11.3 Å². The van der Waals surface area contributed by atoms with Crippen molar-refractivity contribution in [3.05, 3.63) is 45.8 Å². The number of aryl methyl sites for hydroxylation is 1. The number of allylic oxidation sites excluding steroid dienone is 1. The fourth-order valence-electron chi connectivity index (χ4n) is 1.65. The first-order valence-corrected chi connectivity index (χ1v) is 7.27. The molecule has 19 heavy (non-hydrogen) atoms. The summed E-state index contributed by atoms with van der Waals surface area (Å²) < 4.78 is 5.95. The third-order valence-electron chi connectivity index (χ3n) is 3.14. The molecule has 0 aliphatic carbocycles. The topological polar surface area (TPSA) is 22.1 Å². The highest BCUT2D eigenvalue weighted by atomic mass is 32.1. The van der Waals surface area contributed by atoms with Crippen LogP contribution < -0.4 is 4.74 Å². The second kappa shape index (κ2) is 6.02. The number of rotatable bonds is 4. The third kappa shape index (κ3) is 3.44. The molecular formula is C16H19NOS. The molecule has 0 aliphatic heterocycles. The van der Waals surface area contributed by atoms with Crippen molar-refractivity contribution < 1.29 is 4.74 Å². The minimum absolute atomic E-state index is 0.628. The van der Waals surface area contributed by atoms with Gasteiger partial charge in [0.2, 0.25) is 0 Å². The zero-order chi connectivity index (χ0) is 13.8. The van der Waals surface area contributed by atoms with Crippen LogP contribution in [0, 0.1) is 6.92 Å². The van der Waals surface area contributed by atoms with Gasteiger partial charge in [0, 0.05) is 10.9 Å². The molecule has 0 bridgehead atoms. The van der Waals surface area contributed by atoms with E-state index in [0.29, 0.717) is 6.61 Å². The van der Waals surface area contributed by atoms with Gasteiger partial charge in [-0.2, -0.15) is 0 Å². The molecular weight excluding hydrogens is 254 g/mol. The maximum Gasteiger partial charge on any atom is 0.129 e. The summed E-state index contributed by atoms with van der Waals surface area (Å²) >= 11 is 1.60. The molecule has 1 aromatic carbocycles. The summed E-state index contributed by atoms with van der Waals surface area (Å²) in [4.78, 5) is 4.38. The molecule has 0 atom stereocenters. The Bertz CT molecular complexity index is 581. The van der Waals surface area contributed by atoms with Gasteiger partial charge in [-0.25, -0.2) is 4.98 Å². The molecule has 0 aliphatic rings. The van der Waals surface area contributed by atoms with Crippen molar-refractivity contribution in [2.24, 2.45) is 0 Å². The first kappa shape index (κ1) is 13.8. The summed E-state index contributed by atoms with van der Waals surface area (Å²) in [6, 6.07) is 6.23. The van der Waals surface area contributed by atoms with Gasteiger partial charge in [-0.15, -0.1) is 11.3 Å². The minimum Gasteiger partial charge on any atom is -0.489 e. The molecule has 100 valence electrons. The van der Waals surface area contributed by atoms with E-state index in [-0.39, 0.29) is 0 Å². The fraction of sp³-hybridized carbons (Fsp3) is 0.312. The average molecular weight is 273 g/mol. The van der Waals surface area contributed by atoms with Crippen LogP contribution >= 0.6 is 11.3 Å². The second-order valence-electron chi connectivity index (χ2n) is 4.94. The maximum absolute atomic E-state index is 5.95. The van der Waals surface area contributed by atoms with E-state index in [2.05, 4.69) is 50.2 Å². The lowest BCUT2D eigenvalue weighted by Crippen LogP contribution is -2.01. The highest BCUT2D eigenvalue weighted by Gasteiger charge is 2.09. The van der Waals surface area contributed by atoms with E-state index in [0.717, 1.165) is 17.0 Å². The molecule has 3 heteroatoms. The van der Waals surface area contributed by atoms with Crippen molar-refractivity contribution in [1.29, 1.82) is 0 Å². The maximum atomic E-state index is 5.95. The largest absolute Gasteiger partial charge is 0.489 e. The number of hydrogen-bond donors (Lipinski definition) is 0. The standard InChI is InChI=1S/C16H19NOS/c1-11(2)13(4)8-18-16-6-5-12(3)7-14(16)15-9-19-10-17-15/h5-7,9-10H,8H2,1-4H3. The monoisotopic (exact) mass is 273 g/mol. The smallest absolute Gasteiger partial charge is 0.129 e. The van der Waals surface area contributed by atoms with E-state index in [1.165, 1.54) is 16.7 Å². The normalized spacial score (nSPS) is 10.3. The Kier molecular flexibility index (Phi) is 4.38. The molecule has 0 saturated heterocycles. The molecule has 1 aromatic heterocycles. The Morgan fingerprint density at radius 2 is 2.05 bits per heavy atom. The molecule has 0 fully saturated rings. The lowest BCUT2D eigenvalue weighted by molar-refractivity contribution is 0.352. The van der Waals surface area contributed by atoms with Crippen LogP contribution in [-0.2, 0) is 0 Å². The Morgan fingerprint density at radius 3 is 2.68 bits per heavy atom. The molecule has 0 unspecified atom stereocenters. The summed E-state index contributed by atoms with van der Waals surface area (Å²) in [7, 11) is 0. The van der Waals surface area contributed by atoms with Crippen LogP contribution in [0.4, 0.5) is 0 Å². The Morgan fingerprint density at radius 1 is 1.26 bits per heavy atom. The van der Waals surface area contributed by atoms with Gasteiger partial charge in [0.15, 0.2) is 0 Å². The number of benzene rings is 1. The first-order valence-electron chi connectivity index (χ1n) is 6.33. The predicted molar refractivity (Wildman–Crippen MR) is 81.8 cm³/mol. The summed E-state index contributed by atoms with van der Waals surface area (Å²) in [5.74, 6) is 0.900. The third-order valence-corrected chi connectivity index (χ3v) is 3.73. The summed E-state index contributed by atoms with van der Waals surface area (Å²) in [6.07, 6.45) is 0. The van der Waals surface area contributed by atoms with E-state index in [1.54, 1.807) is 11.3 Å². The number of nitrogens with zero attached hydrogens (tertiary/aromatic N) is 1. The van der Waals surface area contributed by atoms with Gasteiger partial charge >= 0.3 is 0 Å². The van der Waals surface area contributed by atoms with E-state index in [9.17, 15) is 0 Å². The predicted octanol–water partition coefficient (Wildman–Crippen LogP) is 4.85. The highest BCUT2D eigenvalue weighted by molar-refractivity contribution is 7.07. The molecule has 0 N–H and O–H groups in total. The van der Waals surface area contributed by atoms with E-state index < -0.39 is 0 Å². The number of aromatic nitrogens is 1. The number of ether oxygens (including phenoxy) is 1. The van der Waals surface area contributed by atoms with Gasteiger partial charge in [-0.1, -0.05) is 17.2 Å². The van der Waals surface area contributed by atoms with Crippen LogP contribution in [0.5, 0.6) is 5.75 Å². The van der Waals surface area contributed by atoms with E-state index in [1.807, 2.05) is 11.6 Å². The fourth-order valence-corrected chi connectivity index (χ4v) is 2.20. The van der Waals surface area contributed by atoms with Crippen molar-refractivity contribution in [1.82, 2.24) is 4.98 Å². The second-order valence-corrected chi connectivity index (χ2v) is 5.66. The Balaban J connectivity index is 2.28. The van der Waals surface area contributed by atoms with Gasteiger partial charge in [0.05, 0.1) is 11.2 Å². The van der Waals surface area contributed by atoms with Gasteiger partial charge < -0.3 is 4.74 Å². The van der Waals surface area contributed by atoms with Crippen molar-refractivity contribution in [2.45, 2.75) is 27.7 Å². The van der Waals surface area contributed by atoms with Crippen LogP contribution in [0.2, 0.25) is 0 Å². The highest BCUT2D eigenvalue weighted by Crippen LogP contribution is 2.31. The lowest BCUT2D eigenvalue weighted by atomic mass is 10.1. The van der Waals surface area contributed by atoms with Gasteiger partial charge in [-0.3, -0.25) is 0 Å². The molecule has 2 rings (SSSR count). The molecule has 0 radical (unpaired) electrons. The zero-order valence-electron chi connectivity index (χ0n) is 11.9. The molecule has 0 spiro atoms. The first-order chi connectivity index (χ1) is 9.08. The van der Waals surface area contributed by atoms with Crippen LogP contribution in [0.25, 0.3) is 11.3 Å². The van der Waals surface area contributed by atoms with Crippen molar-refractivity contribution in [2.75, 3.05) is 6.61 Å². The summed E-state index contributed by atoms with van der Waals surface area (Å²) in [5.41, 5.74) is 7.70. The molecule has 1 heterocycles. The van der Waals surface area contributed by atoms with Crippen molar-refractivity contribution in [3.8, 4) is 17.0 Å². The average Bonchev–Trinajstić information content (AvgIpc) is 2.90. The van der Waals surface area contributed by atoms with Crippen molar-refractivity contribution in [3.63, 3.8) is 0 Å². The quantitative estimate of drug-likeness (QED) is 0.743. The van der Waals surface area contributed by atoms with Gasteiger partial charge in [0.25, 0.3) is 0 Å². The van der Waals surface area contributed by atoms with Gasteiger partial charge in [0.1, 0.15) is 12.4 Å². The minimum atomic E-state index is 0.628. The number of thiazole rings is 1. The van der Waals surface area contributed by atoms with E-state index >= 15 is 0 Å². The summed E-state index contributed by atoms with van der Waals surface area (Å²) in [6.45, 7) is 9.03. The van der Waals surface area contributed by atoms with Crippen LogP contribution in [-0.4, -0.2) is 11.6 Å². The summed E-state index contributed by atoms with van der Waals surface area (Å²) in [5, 5.41) is 2.05. The van der Waals surface area contributed by atoms with E-state index in [4.69, 9.17) is 4.74 Å². The van der Waals surface area contributed by atoms with Crippen LogP contribution in [0.15, 0.2) is 40.2 Å². The number of hydrogen-bond acceptors (Lipinski definition) is 3. The lowest BCUT2D eigenvalue weighted by Gasteiger charge is -2.12. The van der Waals surface area contributed by atoms with Crippen LogP contribution in [0.1, 0.15) is 26.3 Å². The molecule has 2 aromatic rings. The SMILES string of the molecule is CC(C)=C(C)COc1ccc(C)cc1-c1cscn1. The molecule has 2 nitrogen and oxygen atoms in total. The molecule has 0 saturated carbocycles. The zero-order valence-corrected chi connectivity index (χ0v) is 12.7. The van der Waals surface area contributed by atoms with Crippen LogP contribution in [0.3, 0.4) is 0 Å². The Hall–Kier alpha value is -1.61.